The monoisotopic (exact) mass is 246 g/mol. The Kier molecular flexibility index (Phi) is 2.78. The zero-order valence-electron chi connectivity index (χ0n) is 10.0. The van der Waals surface area contributed by atoms with Gasteiger partial charge in [0.2, 0.25) is 0 Å². The van der Waals surface area contributed by atoms with Crippen LogP contribution in [0, 0.1) is 5.82 Å². The molecule has 1 aromatic heterocycles. The van der Waals surface area contributed by atoms with Crippen molar-refractivity contribution in [3.8, 4) is 11.1 Å². The van der Waals surface area contributed by atoms with Gasteiger partial charge in [-0.3, -0.25) is 0 Å². The molecule has 1 fully saturated rings. The standard InChI is InChI=1S/C14H15FN2O/c15-11-8-4-3-7-10(11)12-13(18-17-14(12)16)9-5-1-2-6-9/h3-4,7-9H,1-2,5-6H2,(H2,16,17). The molecule has 2 N–H and O–H groups in total. The maximum Gasteiger partial charge on any atom is 0.175 e. The van der Waals surface area contributed by atoms with E-state index in [1.54, 1.807) is 18.2 Å². The first kappa shape index (κ1) is 11.3. The van der Waals surface area contributed by atoms with Crippen LogP contribution in [-0.4, -0.2) is 5.16 Å². The Morgan fingerprint density at radius 2 is 1.94 bits per heavy atom. The van der Waals surface area contributed by atoms with Crippen LogP contribution < -0.4 is 5.73 Å². The lowest BCUT2D eigenvalue weighted by Crippen LogP contribution is -1.96. The third-order valence-corrected chi connectivity index (χ3v) is 3.61. The molecular formula is C14H15FN2O. The topological polar surface area (TPSA) is 52.0 Å². The van der Waals surface area contributed by atoms with Gasteiger partial charge in [-0.05, 0) is 18.9 Å². The summed E-state index contributed by atoms with van der Waals surface area (Å²) in [4.78, 5) is 0. The fourth-order valence-electron chi connectivity index (χ4n) is 2.72. The number of hydrogen-bond acceptors (Lipinski definition) is 3. The van der Waals surface area contributed by atoms with Crippen LogP contribution >= 0.6 is 0 Å². The van der Waals surface area contributed by atoms with Gasteiger partial charge in [0, 0.05) is 11.5 Å². The lowest BCUT2D eigenvalue weighted by atomic mass is 9.96. The quantitative estimate of drug-likeness (QED) is 0.878. The van der Waals surface area contributed by atoms with Crippen LogP contribution in [0.4, 0.5) is 10.2 Å². The van der Waals surface area contributed by atoms with Gasteiger partial charge in [-0.25, -0.2) is 4.39 Å². The number of hydrogen-bond donors (Lipinski definition) is 1. The third kappa shape index (κ3) is 1.78. The van der Waals surface area contributed by atoms with Gasteiger partial charge in [-0.1, -0.05) is 36.2 Å². The van der Waals surface area contributed by atoms with E-state index in [4.69, 9.17) is 10.3 Å². The van der Waals surface area contributed by atoms with E-state index in [9.17, 15) is 4.39 Å². The summed E-state index contributed by atoms with van der Waals surface area (Å²) in [6.07, 6.45) is 4.50. The molecule has 0 atom stereocenters. The Bertz CT molecular complexity index is 559. The summed E-state index contributed by atoms with van der Waals surface area (Å²) in [5.41, 5.74) is 6.96. The highest BCUT2D eigenvalue weighted by Crippen LogP contribution is 2.42. The van der Waals surface area contributed by atoms with Crippen molar-refractivity contribution in [2.24, 2.45) is 0 Å². The average Bonchev–Trinajstić information content (AvgIpc) is 2.99. The molecule has 0 spiro atoms. The summed E-state index contributed by atoms with van der Waals surface area (Å²) in [6, 6.07) is 6.61. The number of benzene rings is 1. The van der Waals surface area contributed by atoms with E-state index in [-0.39, 0.29) is 11.6 Å². The second-order valence-corrected chi connectivity index (χ2v) is 4.77. The first-order chi connectivity index (χ1) is 8.77. The number of nitrogen functional groups attached to an aromatic ring is 1. The van der Waals surface area contributed by atoms with Gasteiger partial charge < -0.3 is 10.3 Å². The summed E-state index contributed by atoms with van der Waals surface area (Å²) < 4.78 is 19.2. The highest BCUT2D eigenvalue weighted by atomic mass is 19.1. The minimum atomic E-state index is -0.286. The predicted octanol–water partition coefficient (Wildman–Crippen LogP) is 3.72. The van der Waals surface area contributed by atoms with E-state index in [1.807, 2.05) is 0 Å². The fourth-order valence-corrected chi connectivity index (χ4v) is 2.72. The molecule has 0 aliphatic heterocycles. The third-order valence-electron chi connectivity index (χ3n) is 3.61. The Hall–Kier alpha value is -1.84. The molecule has 3 rings (SSSR count). The Labute approximate surface area is 105 Å². The van der Waals surface area contributed by atoms with Gasteiger partial charge in [0.05, 0.1) is 5.56 Å². The first-order valence-corrected chi connectivity index (χ1v) is 6.27. The highest BCUT2D eigenvalue weighted by Gasteiger charge is 2.27. The van der Waals surface area contributed by atoms with Gasteiger partial charge >= 0.3 is 0 Å². The van der Waals surface area contributed by atoms with Crippen LogP contribution in [0.1, 0.15) is 37.4 Å². The highest BCUT2D eigenvalue weighted by molar-refractivity contribution is 5.76. The van der Waals surface area contributed by atoms with E-state index in [1.165, 1.54) is 18.9 Å². The number of halogens is 1. The zero-order chi connectivity index (χ0) is 12.5. The van der Waals surface area contributed by atoms with Gasteiger partial charge in [0.1, 0.15) is 11.6 Å². The van der Waals surface area contributed by atoms with Crippen molar-refractivity contribution < 1.29 is 8.91 Å². The van der Waals surface area contributed by atoms with Gasteiger partial charge in [0.25, 0.3) is 0 Å². The normalized spacial score (nSPS) is 16.3. The van der Waals surface area contributed by atoms with Crippen molar-refractivity contribution in [1.29, 1.82) is 0 Å². The molecule has 2 aromatic rings. The zero-order valence-corrected chi connectivity index (χ0v) is 10.0. The van der Waals surface area contributed by atoms with Crippen molar-refractivity contribution in [3.63, 3.8) is 0 Å². The van der Waals surface area contributed by atoms with Crippen LogP contribution in [-0.2, 0) is 0 Å². The van der Waals surface area contributed by atoms with Crippen LogP contribution in [0.5, 0.6) is 0 Å². The average molecular weight is 246 g/mol. The molecule has 1 saturated carbocycles. The van der Waals surface area contributed by atoms with Crippen molar-refractivity contribution in [2.75, 3.05) is 5.73 Å². The number of nitrogens with zero attached hydrogens (tertiary/aromatic N) is 1. The number of anilines is 1. The summed E-state index contributed by atoms with van der Waals surface area (Å²) in [5, 5.41) is 3.81. The Balaban J connectivity index is 2.11. The lowest BCUT2D eigenvalue weighted by molar-refractivity contribution is 0.363. The predicted molar refractivity (Wildman–Crippen MR) is 67.5 cm³/mol. The molecule has 1 heterocycles. The largest absolute Gasteiger partial charge is 0.380 e. The molecule has 0 unspecified atom stereocenters. The number of rotatable bonds is 2. The minimum Gasteiger partial charge on any atom is -0.380 e. The maximum absolute atomic E-state index is 13.9. The first-order valence-electron chi connectivity index (χ1n) is 6.27. The molecule has 1 aliphatic carbocycles. The molecule has 18 heavy (non-hydrogen) atoms. The summed E-state index contributed by atoms with van der Waals surface area (Å²) in [6.45, 7) is 0. The Morgan fingerprint density at radius 3 is 2.67 bits per heavy atom. The number of aromatic nitrogens is 1. The summed E-state index contributed by atoms with van der Waals surface area (Å²) in [5.74, 6) is 1.06. The molecule has 1 aromatic carbocycles. The van der Waals surface area contributed by atoms with Crippen molar-refractivity contribution >= 4 is 5.82 Å². The van der Waals surface area contributed by atoms with Crippen LogP contribution in [0.25, 0.3) is 11.1 Å². The van der Waals surface area contributed by atoms with Crippen molar-refractivity contribution in [1.82, 2.24) is 5.16 Å². The molecule has 0 radical (unpaired) electrons. The van der Waals surface area contributed by atoms with E-state index in [0.29, 0.717) is 17.0 Å². The van der Waals surface area contributed by atoms with Crippen LogP contribution in [0.3, 0.4) is 0 Å². The molecule has 4 heteroatoms. The van der Waals surface area contributed by atoms with Gasteiger partial charge in [-0.2, -0.15) is 0 Å². The summed E-state index contributed by atoms with van der Waals surface area (Å²) in [7, 11) is 0. The fraction of sp³-hybridized carbons (Fsp3) is 0.357. The molecule has 0 saturated heterocycles. The SMILES string of the molecule is Nc1noc(C2CCCC2)c1-c1ccccc1F. The summed E-state index contributed by atoms with van der Waals surface area (Å²) >= 11 is 0. The lowest BCUT2D eigenvalue weighted by Gasteiger charge is -2.08. The molecule has 0 bridgehead atoms. The van der Waals surface area contributed by atoms with E-state index < -0.39 is 0 Å². The van der Waals surface area contributed by atoms with Crippen LogP contribution in [0.15, 0.2) is 28.8 Å². The van der Waals surface area contributed by atoms with Crippen LogP contribution in [0.2, 0.25) is 0 Å². The maximum atomic E-state index is 13.9. The Morgan fingerprint density at radius 1 is 1.22 bits per heavy atom. The van der Waals surface area contributed by atoms with E-state index >= 15 is 0 Å². The molecule has 94 valence electrons. The smallest absolute Gasteiger partial charge is 0.175 e. The second-order valence-electron chi connectivity index (χ2n) is 4.77. The van der Waals surface area contributed by atoms with Gasteiger partial charge in [0.15, 0.2) is 5.82 Å². The molecule has 0 amide bonds. The molecular weight excluding hydrogens is 231 g/mol. The van der Waals surface area contributed by atoms with Crippen molar-refractivity contribution in [3.05, 3.63) is 35.8 Å². The van der Waals surface area contributed by atoms with Gasteiger partial charge in [-0.15, -0.1) is 0 Å². The van der Waals surface area contributed by atoms with Crippen molar-refractivity contribution in [2.45, 2.75) is 31.6 Å². The van der Waals surface area contributed by atoms with E-state index in [2.05, 4.69) is 5.16 Å². The minimum absolute atomic E-state index is 0.280. The molecule has 3 nitrogen and oxygen atoms in total. The van der Waals surface area contributed by atoms with E-state index in [0.717, 1.165) is 18.6 Å². The molecule has 1 aliphatic rings. The second kappa shape index (κ2) is 4.44. The number of nitrogens with two attached hydrogens (primary N) is 1.